The number of nitrogens with one attached hydrogen (secondary N) is 1. The molecule has 2 fully saturated rings. The van der Waals surface area contributed by atoms with E-state index in [9.17, 15) is 0 Å². The Bertz CT molecular complexity index is 595. The Kier molecular flexibility index (Phi) is 5.16. The molecule has 1 aliphatic heterocycles. The molecule has 0 atom stereocenters. The maximum Gasteiger partial charge on any atom is 0.193 e. The van der Waals surface area contributed by atoms with Crippen LogP contribution in [0.15, 0.2) is 4.99 Å². The van der Waals surface area contributed by atoms with E-state index in [1.165, 1.54) is 56.3 Å². The van der Waals surface area contributed by atoms with Crippen LogP contribution >= 0.6 is 0 Å². The number of guanidine groups is 1. The molecule has 1 saturated heterocycles. The zero-order valence-corrected chi connectivity index (χ0v) is 15.9. The highest BCUT2D eigenvalue weighted by Gasteiger charge is 2.39. The highest BCUT2D eigenvalue weighted by molar-refractivity contribution is 5.80. The van der Waals surface area contributed by atoms with Gasteiger partial charge >= 0.3 is 0 Å². The van der Waals surface area contributed by atoms with Crippen molar-refractivity contribution < 1.29 is 0 Å². The molecule has 1 N–H and O–H groups in total. The first-order valence-corrected chi connectivity index (χ1v) is 9.49. The number of likely N-dealkylation sites (tertiary alicyclic amines) is 1. The molecular formula is C19H33N5. The van der Waals surface area contributed by atoms with Gasteiger partial charge in [-0.1, -0.05) is 19.3 Å². The Hall–Kier alpha value is -1.52. The second-order valence-electron chi connectivity index (χ2n) is 7.73. The smallest absolute Gasteiger partial charge is 0.193 e. The van der Waals surface area contributed by atoms with E-state index in [4.69, 9.17) is 0 Å². The van der Waals surface area contributed by atoms with Crippen molar-refractivity contribution >= 4 is 5.96 Å². The summed E-state index contributed by atoms with van der Waals surface area (Å²) >= 11 is 0. The van der Waals surface area contributed by atoms with Crippen molar-refractivity contribution in [3.05, 3.63) is 17.0 Å². The van der Waals surface area contributed by atoms with Crippen LogP contribution in [0.3, 0.4) is 0 Å². The largest absolute Gasteiger partial charge is 0.356 e. The minimum absolute atomic E-state index is 0.576. The second kappa shape index (κ2) is 7.16. The molecule has 1 aliphatic carbocycles. The predicted molar refractivity (Wildman–Crippen MR) is 99.5 cm³/mol. The summed E-state index contributed by atoms with van der Waals surface area (Å²) in [6, 6.07) is 0. The summed E-state index contributed by atoms with van der Waals surface area (Å²) in [4.78, 5) is 7.02. The van der Waals surface area contributed by atoms with Crippen molar-refractivity contribution in [2.24, 2.45) is 17.5 Å². The standard InChI is InChI=1S/C19H33N5/c1-15-17(16(2)23(4)22-15)8-12-21-18(20-3)24-13-11-19(14-24)9-6-5-7-10-19/h5-14H2,1-4H3,(H,20,21). The number of hydrogen-bond donors (Lipinski definition) is 1. The molecule has 3 rings (SSSR count). The van der Waals surface area contributed by atoms with Gasteiger partial charge in [0.15, 0.2) is 5.96 Å². The van der Waals surface area contributed by atoms with Crippen LogP contribution < -0.4 is 5.32 Å². The van der Waals surface area contributed by atoms with Crippen LogP contribution in [0, 0.1) is 19.3 Å². The number of hydrogen-bond acceptors (Lipinski definition) is 2. The topological polar surface area (TPSA) is 45.5 Å². The molecule has 5 heteroatoms. The Labute approximate surface area is 146 Å². The van der Waals surface area contributed by atoms with Gasteiger partial charge in [-0.25, -0.2) is 0 Å². The van der Waals surface area contributed by atoms with Crippen molar-refractivity contribution in [3.8, 4) is 0 Å². The molecule has 0 aromatic carbocycles. The molecule has 1 spiro atoms. The van der Waals surface area contributed by atoms with Gasteiger partial charge in [0, 0.05) is 39.4 Å². The third kappa shape index (κ3) is 3.45. The zero-order valence-electron chi connectivity index (χ0n) is 15.9. The SMILES string of the molecule is CN=C(NCCc1c(C)nn(C)c1C)N1CCC2(CCCCC2)C1. The Morgan fingerprint density at radius 2 is 1.96 bits per heavy atom. The summed E-state index contributed by atoms with van der Waals surface area (Å²) in [5, 5.41) is 8.10. The van der Waals surface area contributed by atoms with Crippen LogP contribution in [0.4, 0.5) is 0 Å². The van der Waals surface area contributed by atoms with Crippen LogP contribution in [0.25, 0.3) is 0 Å². The van der Waals surface area contributed by atoms with E-state index in [2.05, 4.69) is 34.2 Å². The lowest BCUT2D eigenvalue weighted by Crippen LogP contribution is -2.42. The van der Waals surface area contributed by atoms with Gasteiger partial charge in [0.2, 0.25) is 0 Å². The van der Waals surface area contributed by atoms with Crippen molar-refractivity contribution in [2.45, 2.75) is 58.8 Å². The number of aliphatic imine (C=N–C) groups is 1. The zero-order chi connectivity index (χ0) is 17.2. The highest BCUT2D eigenvalue weighted by Crippen LogP contribution is 2.43. The average Bonchev–Trinajstić information content (AvgIpc) is 3.08. The molecule has 134 valence electrons. The maximum atomic E-state index is 4.54. The summed E-state index contributed by atoms with van der Waals surface area (Å²) in [6.07, 6.45) is 9.43. The number of nitrogens with zero attached hydrogens (tertiary/aromatic N) is 4. The minimum atomic E-state index is 0.576. The van der Waals surface area contributed by atoms with Gasteiger partial charge in [0.05, 0.1) is 5.69 Å². The Morgan fingerprint density at radius 3 is 2.58 bits per heavy atom. The lowest BCUT2D eigenvalue weighted by molar-refractivity contribution is 0.203. The first-order chi connectivity index (χ1) is 11.5. The molecule has 0 unspecified atom stereocenters. The van der Waals surface area contributed by atoms with Gasteiger partial charge in [-0.3, -0.25) is 9.67 Å². The van der Waals surface area contributed by atoms with Crippen LogP contribution in [0.1, 0.15) is 55.5 Å². The first kappa shape index (κ1) is 17.3. The predicted octanol–water partition coefficient (Wildman–Crippen LogP) is 2.81. The number of aryl methyl sites for hydroxylation is 2. The van der Waals surface area contributed by atoms with E-state index in [0.717, 1.165) is 31.2 Å². The molecule has 0 bridgehead atoms. The van der Waals surface area contributed by atoms with Gasteiger partial charge < -0.3 is 10.2 Å². The average molecular weight is 332 g/mol. The Balaban J connectivity index is 1.54. The minimum Gasteiger partial charge on any atom is -0.356 e. The molecule has 1 aromatic heterocycles. The van der Waals surface area contributed by atoms with Crippen molar-refractivity contribution in [2.75, 3.05) is 26.7 Å². The molecule has 2 heterocycles. The fraction of sp³-hybridized carbons (Fsp3) is 0.789. The molecule has 1 aromatic rings. The van der Waals surface area contributed by atoms with Crippen LogP contribution in [0.5, 0.6) is 0 Å². The van der Waals surface area contributed by atoms with E-state index in [1.807, 2.05) is 18.8 Å². The first-order valence-electron chi connectivity index (χ1n) is 9.49. The van der Waals surface area contributed by atoms with Crippen LogP contribution in [-0.2, 0) is 13.5 Å². The Morgan fingerprint density at radius 1 is 1.21 bits per heavy atom. The van der Waals surface area contributed by atoms with Crippen LogP contribution in [-0.4, -0.2) is 47.3 Å². The second-order valence-corrected chi connectivity index (χ2v) is 7.73. The highest BCUT2D eigenvalue weighted by atomic mass is 15.3. The van der Waals surface area contributed by atoms with E-state index in [0.29, 0.717) is 5.41 Å². The van der Waals surface area contributed by atoms with Gasteiger partial charge in [-0.05, 0) is 50.5 Å². The van der Waals surface area contributed by atoms with Crippen molar-refractivity contribution in [1.29, 1.82) is 0 Å². The quantitative estimate of drug-likeness (QED) is 0.684. The van der Waals surface area contributed by atoms with Gasteiger partial charge in [-0.2, -0.15) is 5.10 Å². The normalized spacial score (nSPS) is 20.8. The molecule has 0 amide bonds. The molecule has 24 heavy (non-hydrogen) atoms. The fourth-order valence-corrected chi connectivity index (χ4v) is 4.64. The van der Waals surface area contributed by atoms with E-state index in [-0.39, 0.29) is 0 Å². The van der Waals surface area contributed by atoms with E-state index < -0.39 is 0 Å². The summed E-state index contributed by atoms with van der Waals surface area (Å²) in [7, 11) is 3.93. The van der Waals surface area contributed by atoms with Gasteiger partial charge in [-0.15, -0.1) is 0 Å². The number of rotatable bonds is 3. The van der Waals surface area contributed by atoms with Gasteiger partial charge in [0.25, 0.3) is 0 Å². The maximum absolute atomic E-state index is 4.54. The summed E-state index contributed by atoms with van der Waals surface area (Å²) < 4.78 is 1.98. The third-order valence-electron chi connectivity index (χ3n) is 6.18. The fourth-order valence-electron chi connectivity index (χ4n) is 4.64. The summed E-state index contributed by atoms with van der Waals surface area (Å²) in [5.74, 6) is 1.08. The molecule has 2 aliphatic rings. The molecule has 1 saturated carbocycles. The third-order valence-corrected chi connectivity index (χ3v) is 6.18. The van der Waals surface area contributed by atoms with E-state index in [1.54, 1.807) is 0 Å². The molecule has 5 nitrogen and oxygen atoms in total. The van der Waals surface area contributed by atoms with Crippen molar-refractivity contribution in [3.63, 3.8) is 0 Å². The lowest BCUT2D eigenvalue weighted by Gasteiger charge is -2.33. The molecular weight excluding hydrogens is 298 g/mol. The van der Waals surface area contributed by atoms with Gasteiger partial charge in [0.1, 0.15) is 0 Å². The number of aromatic nitrogens is 2. The van der Waals surface area contributed by atoms with Crippen LogP contribution in [0.2, 0.25) is 0 Å². The van der Waals surface area contributed by atoms with Crippen molar-refractivity contribution in [1.82, 2.24) is 20.0 Å². The molecule has 0 radical (unpaired) electrons. The van der Waals surface area contributed by atoms with E-state index >= 15 is 0 Å². The monoisotopic (exact) mass is 331 g/mol. The lowest BCUT2D eigenvalue weighted by atomic mass is 9.73. The summed E-state index contributed by atoms with van der Waals surface area (Å²) in [6.45, 7) is 7.52. The summed E-state index contributed by atoms with van der Waals surface area (Å²) in [5.41, 5.74) is 4.36.